The number of nitrogens with one attached hydrogen (secondary N) is 1. The summed E-state index contributed by atoms with van der Waals surface area (Å²) in [5.41, 5.74) is 1.04. The Balaban J connectivity index is 3.09. The molecule has 1 unspecified atom stereocenters. The van der Waals surface area contributed by atoms with Crippen molar-refractivity contribution in [2.45, 2.75) is 45.3 Å². The third-order valence-electron chi connectivity index (χ3n) is 3.33. The van der Waals surface area contributed by atoms with Crippen molar-refractivity contribution in [3.8, 4) is 0 Å². The van der Waals surface area contributed by atoms with Crippen LogP contribution in [0.3, 0.4) is 0 Å². The number of hydrogen-bond donors (Lipinski definition) is 1. The Morgan fingerprint density at radius 3 is 2.52 bits per heavy atom. The molecule has 0 spiro atoms. The maximum atomic E-state index is 13.0. The molecule has 1 atom stereocenters. The van der Waals surface area contributed by atoms with Crippen LogP contribution < -0.4 is 5.32 Å². The Hall–Kier alpha value is -0.810. The fourth-order valence-corrected chi connectivity index (χ4v) is 2.51. The second-order valence-corrected chi connectivity index (χ2v) is 5.91. The molecule has 0 saturated heterocycles. The Kier molecular flexibility index (Phi) is 6.94. The normalized spacial score (nSPS) is 13.2. The lowest BCUT2D eigenvalue weighted by molar-refractivity contribution is -0.138. The molecule has 0 bridgehead atoms. The molecule has 1 rings (SSSR count). The van der Waals surface area contributed by atoms with E-state index in [9.17, 15) is 13.2 Å². The van der Waals surface area contributed by atoms with E-state index >= 15 is 0 Å². The van der Waals surface area contributed by atoms with E-state index in [1.165, 1.54) is 12.1 Å². The van der Waals surface area contributed by atoms with Gasteiger partial charge in [-0.25, -0.2) is 0 Å². The maximum absolute atomic E-state index is 13.0. The zero-order chi connectivity index (χ0) is 16.0. The molecular weight excluding hydrogens is 343 g/mol. The summed E-state index contributed by atoms with van der Waals surface area (Å²) in [6.45, 7) is 8.76. The standard InChI is InChI=1S/C16H21BrF3N/c1-4-8-21-15(9-11(3)5-2)12-6-7-14(17)13(10-12)16(18,19)20/h6-7,10,15,21H,3-5,8-9H2,1-2H3. The van der Waals surface area contributed by atoms with Crippen molar-refractivity contribution in [2.75, 3.05) is 6.54 Å². The van der Waals surface area contributed by atoms with Gasteiger partial charge >= 0.3 is 6.18 Å². The summed E-state index contributed by atoms with van der Waals surface area (Å²) >= 11 is 2.97. The molecule has 1 N–H and O–H groups in total. The van der Waals surface area contributed by atoms with Crippen molar-refractivity contribution < 1.29 is 13.2 Å². The molecule has 0 radical (unpaired) electrons. The number of halogens is 4. The molecule has 0 fully saturated rings. The molecule has 0 aromatic heterocycles. The van der Waals surface area contributed by atoms with Gasteiger partial charge < -0.3 is 5.32 Å². The number of benzene rings is 1. The lowest BCUT2D eigenvalue weighted by Crippen LogP contribution is -2.23. The van der Waals surface area contributed by atoms with Crippen LogP contribution in [0.4, 0.5) is 13.2 Å². The average molecular weight is 364 g/mol. The second-order valence-electron chi connectivity index (χ2n) is 5.05. The van der Waals surface area contributed by atoms with Gasteiger partial charge in [-0.2, -0.15) is 13.2 Å². The van der Waals surface area contributed by atoms with Crippen molar-refractivity contribution in [2.24, 2.45) is 0 Å². The Labute approximate surface area is 132 Å². The van der Waals surface area contributed by atoms with Crippen molar-refractivity contribution in [1.82, 2.24) is 5.32 Å². The lowest BCUT2D eigenvalue weighted by atomic mass is 9.96. The van der Waals surface area contributed by atoms with E-state index in [1.807, 2.05) is 13.8 Å². The van der Waals surface area contributed by atoms with Crippen LogP contribution in [0.2, 0.25) is 0 Å². The third kappa shape index (κ3) is 5.47. The van der Waals surface area contributed by atoms with Crippen molar-refractivity contribution in [1.29, 1.82) is 0 Å². The molecule has 0 aliphatic heterocycles. The van der Waals surface area contributed by atoms with Gasteiger partial charge in [0.2, 0.25) is 0 Å². The molecule has 5 heteroatoms. The first-order valence-electron chi connectivity index (χ1n) is 7.06. The van der Waals surface area contributed by atoms with E-state index in [-0.39, 0.29) is 10.5 Å². The van der Waals surface area contributed by atoms with Crippen LogP contribution in [-0.4, -0.2) is 6.54 Å². The molecule has 21 heavy (non-hydrogen) atoms. The zero-order valence-corrected chi connectivity index (χ0v) is 13.9. The van der Waals surface area contributed by atoms with Gasteiger partial charge in [0, 0.05) is 10.5 Å². The largest absolute Gasteiger partial charge is 0.417 e. The number of alkyl halides is 3. The highest BCUT2D eigenvalue weighted by Gasteiger charge is 2.33. The zero-order valence-electron chi connectivity index (χ0n) is 12.4. The van der Waals surface area contributed by atoms with Gasteiger partial charge in [-0.1, -0.05) is 48.0 Å². The second kappa shape index (κ2) is 7.99. The Morgan fingerprint density at radius 2 is 2.00 bits per heavy atom. The van der Waals surface area contributed by atoms with E-state index in [4.69, 9.17) is 0 Å². The molecule has 118 valence electrons. The first-order valence-corrected chi connectivity index (χ1v) is 7.85. The predicted octanol–water partition coefficient (Wildman–Crippen LogP) is 5.86. The van der Waals surface area contributed by atoms with Crippen LogP contribution in [0.5, 0.6) is 0 Å². The van der Waals surface area contributed by atoms with Crippen molar-refractivity contribution in [3.05, 3.63) is 46.0 Å². The summed E-state index contributed by atoms with van der Waals surface area (Å²) in [6, 6.07) is 4.29. The number of hydrogen-bond acceptors (Lipinski definition) is 1. The first kappa shape index (κ1) is 18.2. The topological polar surface area (TPSA) is 12.0 Å². The minimum absolute atomic E-state index is 0.0716. The van der Waals surface area contributed by atoms with Gasteiger partial charge in [-0.05, 0) is 43.5 Å². The Bertz CT molecular complexity index is 483. The Morgan fingerprint density at radius 1 is 1.33 bits per heavy atom. The molecule has 0 amide bonds. The molecule has 0 aliphatic carbocycles. The molecular formula is C16H21BrF3N. The average Bonchev–Trinajstić information content (AvgIpc) is 2.42. The molecule has 1 nitrogen and oxygen atoms in total. The van der Waals surface area contributed by atoms with Crippen LogP contribution in [0.25, 0.3) is 0 Å². The molecule has 0 aliphatic rings. The number of rotatable bonds is 7. The monoisotopic (exact) mass is 363 g/mol. The van der Waals surface area contributed by atoms with Gasteiger partial charge in [0.25, 0.3) is 0 Å². The fourth-order valence-electron chi connectivity index (χ4n) is 2.04. The van der Waals surface area contributed by atoms with Crippen LogP contribution in [0.1, 0.15) is 50.3 Å². The van der Waals surface area contributed by atoms with E-state index in [2.05, 4.69) is 27.8 Å². The quantitative estimate of drug-likeness (QED) is 0.597. The SMILES string of the molecule is C=C(CC)CC(NCCC)c1ccc(Br)c(C(F)(F)F)c1. The van der Waals surface area contributed by atoms with Gasteiger partial charge in [0.1, 0.15) is 0 Å². The van der Waals surface area contributed by atoms with Crippen molar-refractivity contribution in [3.63, 3.8) is 0 Å². The summed E-state index contributed by atoms with van der Waals surface area (Å²) in [7, 11) is 0. The minimum atomic E-state index is -4.36. The molecule has 0 saturated carbocycles. The third-order valence-corrected chi connectivity index (χ3v) is 4.02. The van der Waals surface area contributed by atoms with Crippen LogP contribution in [0.15, 0.2) is 34.8 Å². The highest BCUT2D eigenvalue weighted by Crippen LogP contribution is 2.37. The van der Waals surface area contributed by atoms with Gasteiger partial charge in [-0.3, -0.25) is 0 Å². The van der Waals surface area contributed by atoms with Gasteiger partial charge in [-0.15, -0.1) is 0 Å². The van der Waals surface area contributed by atoms with E-state index in [0.717, 1.165) is 25.0 Å². The smallest absolute Gasteiger partial charge is 0.310 e. The summed E-state index contributed by atoms with van der Waals surface area (Å²) in [6.07, 6.45) is -1.95. The first-order chi connectivity index (χ1) is 9.79. The van der Waals surface area contributed by atoms with E-state index in [0.29, 0.717) is 12.0 Å². The maximum Gasteiger partial charge on any atom is 0.417 e. The van der Waals surface area contributed by atoms with Crippen LogP contribution in [-0.2, 0) is 6.18 Å². The fraction of sp³-hybridized carbons (Fsp3) is 0.500. The minimum Gasteiger partial charge on any atom is -0.310 e. The van der Waals surface area contributed by atoms with Crippen LogP contribution in [0, 0.1) is 0 Å². The highest BCUT2D eigenvalue weighted by molar-refractivity contribution is 9.10. The predicted molar refractivity (Wildman–Crippen MR) is 84.2 cm³/mol. The summed E-state index contributed by atoms with van der Waals surface area (Å²) in [5, 5.41) is 3.31. The van der Waals surface area contributed by atoms with Crippen molar-refractivity contribution >= 4 is 15.9 Å². The molecule has 1 aromatic rings. The molecule has 0 heterocycles. The van der Waals surface area contributed by atoms with E-state index in [1.54, 1.807) is 6.07 Å². The van der Waals surface area contributed by atoms with Gasteiger partial charge in [0.15, 0.2) is 0 Å². The van der Waals surface area contributed by atoms with Gasteiger partial charge in [0.05, 0.1) is 5.56 Å². The summed E-state index contributed by atoms with van der Waals surface area (Å²) in [5.74, 6) is 0. The highest BCUT2D eigenvalue weighted by atomic mass is 79.9. The summed E-state index contributed by atoms with van der Waals surface area (Å²) < 4.78 is 39.1. The summed E-state index contributed by atoms with van der Waals surface area (Å²) in [4.78, 5) is 0. The lowest BCUT2D eigenvalue weighted by Gasteiger charge is -2.21. The molecule has 1 aromatic carbocycles. The van der Waals surface area contributed by atoms with E-state index < -0.39 is 11.7 Å². The van der Waals surface area contributed by atoms with Crippen LogP contribution >= 0.6 is 15.9 Å².